The number of nitrogens with one attached hydrogen (secondary N) is 3. The molecule has 18 heteroatoms. The number of aromatic nitrogens is 2. The summed E-state index contributed by atoms with van der Waals surface area (Å²) in [6.07, 6.45) is 10.7. The zero-order valence-electron chi connectivity index (χ0n) is 33.2. The van der Waals surface area contributed by atoms with Crippen LogP contribution in [0.4, 0.5) is 9.59 Å². The third-order valence-electron chi connectivity index (χ3n) is 11.1. The van der Waals surface area contributed by atoms with Crippen LogP contribution in [0.15, 0.2) is 49.1 Å². The topological polar surface area (TPSA) is 208 Å². The fourth-order valence-corrected chi connectivity index (χ4v) is 9.16. The van der Waals surface area contributed by atoms with E-state index in [1.807, 2.05) is 41.1 Å². The SMILES string of the molecule is CC(C)(C)OC(=O)N[C@H]1CCCCC/C=C\[C@@H]2C[C@@]2(C(=O)NS(=O)(=O)C2CC2)NC(=O)[C@@H]2C[C@@H](OC(=O)N3Cc4ccc(OCCn5ccnc5)cc4C3)CN2C1=O. The molecular formula is C40H53N7O10S. The third kappa shape index (κ3) is 9.76. The molecule has 2 aromatic rings. The van der Waals surface area contributed by atoms with Crippen LogP contribution < -0.4 is 20.1 Å². The smallest absolute Gasteiger partial charge is 0.410 e. The van der Waals surface area contributed by atoms with Crippen LogP contribution in [0.5, 0.6) is 5.75 Å². The molecular weight excluding hydrogens is 771 g/mol. The van der Waals surface area contributed by atoms with Crippen LogP contribution in [-0.4, -0.2) is 105 Å². The van der Waals surface area contributed by atoms with Gasteiger partial charge in [0.1, 0.15) is 41.7 Å². The maximum Gasteiger partial charge on any atom is 0.410 e. The first kappa shape index (κ1) is 41.0. The van der Waals surface area contributed by atoms with E-state index in [0.717, 1.165) is 24.0 Å². The van der Waals surface area contributed by atoms with E-state index in [9.17, 15) is 32.4 Å². The largest absolute Gasteiger partial charge is 0.492 e. The predicted octanol–water partition coefficient (Wildman–Crippen LogP) is 3.28. The number of amides is 5. The van der Waals surface area contributed by atoms with E-state index in [4.69, 9.17) is 14.2 Å². The molecule has 0 spiro atoms. The minimum Gasteiger partial charge on any atom is -0.492 e. The number of ether oxygens (including phenoxy) is 3. The van der Waals surface area contributed by atoms with Crippen LogP contribution in [0.25, 0.3) is 0 Å². The fraction of sp³-hybridized carbons (Fsp3) is 0.600. The standard InChI is InChI=1S/C40H53N7O10S/c1-39(2,3)57-37(51)42-32-10-8-6-4-5-7-9-28-21-40(28,36(50)44-58(53,54)31-13-14-31)43-34(48)33-20-30(24-47(33)35(32)49)56-38(52)46-22-26-11-12-29(19-27(26)23-46)55-18-17-45-16-15-41-25-45/h7,9,11-12,15-16,19,25,28,30-33H,4-6,8,10,13-14,17-18,20-24H2,1-3H3,(H,42,51)(H,43,48)(H,44,50)/b9-7-/t28-,30-,32+,33+,40-/m1/s1. The summed E-state index contributed by atoms with van der Waals surface area (Å²) in [7, 11) is -3.92. The maximum absolute atomic E-state index is 14.4. The average molecular weight is 824 g/mol. The van der Waals surface area contributed by atoms with Gasteiger partial charge in [0, 0.05) is 37.8 Å². The molecule has 0 unspecified atom stereocenters. The summed E-state index contributed by atoms with van der Waals surface area (Å²) in [5, 5.41) is 4.88. The molecule has 5 atom stereocenters. The van der Waals surface area contributed by atoms with Gasteiger partial charge in [-0.25, -0.2) is 23.0 Å². The van der Waals surface area contributed by atoms with Crippen molar-refractivity contribution in [3.63, 3.8) is 0 Å². The molecule has 58 heavy (non-hydrogen) atoms. The van der Waals surface area contributed by atoms with Gasteiger partial charge in [-0.05, 0) is 82.6 Å². The van der Waals surface area contributed by atoms with Crippen molar-refractivity contribution >= 4 is 39.9 Å². The highest BCUT2D eigenvalue weighted by molar-refractivity contribution is 7.91. The number of hydrogen-bond acceptors (Lipinski definition) is 11. The summed E-state index contributed by atoms with van der Waals surface area (Å²) in [6, 6.07) is 3.39. The molecule has 3 N–H and O–H groups in total. The van der Waals surface area contributed by atoms with Crippen molar-refractivity contribution in [3.05, 3.63) is 60.2 Å². The number of nitrogens with zero attached hydrogens (tertiary/aromatic N) is 4. The van der Waals surface area contributed by atoms with Gasteiger partial charge in [0.15, 0.2) is 0 Å². The Kier molecular flexibility index (Phi) is 11.8. The lowest BCUT2D eigenvalue weighted by Crippen LogP contribution is -2.58. The summed E-state index contributed by atoms with van der Waals surface area (Å²) >= 11 is 0. The lowest BCUT2D eigenvalue weighted by atomic mass is 10.0. The number of hydrogen-bond donors (Lipinski definition) is 3. The Balaban J connectivity index is 1.07. The van der Waals surface area contributed by atoms with Gasteiger partial charge in [0.25, 0.3) is 5.91 Å². The van der Waals surface area contributed by atoms with Gasteiger partial charge in [-0.3, -0.25) is 24.0 Å². The summed E-state index contributed by atoms with van der Waals surface area (Å²) in [5.41, 5.74) is -0.537. The number of rotatable bonds is 9. The van der Waals surface area contributed by atoms with Crippen LogP contribution in [0, 0.1) is 5.92 Å². The number of fused-ring (bicyclic) bond motifs is 3. The lowest BCUT2D eigenvalue weighted by Gasteiger charge is -2.30. The molecule has 0 radical (unpaired) electrons. The lowest BCUT2D eigenvalue weighted by molar-refractivity contribution is -0.141. The maximum atomic E-state index is 14.4. The Labute approximate surface area is 338 Å². The molecule has 1 saturated heterocycles. The molecule has 3 fully saturated rings. The molecule has 0 bridgehead atoms. The van der Waals surface area contributed by atoms with Crippen molar-refractivity contribution in [2.24, 2.45) is 5.92 Å². The molecule has 3 aliphatic heterocycles. The van der Waals surface area contributed by atoms with Crippen molar-refractivity contribution in [2.75, 3.05) is 13.2 Å². The number of alkyl carbamates (subject to hydrolysis) is 1. The van der Waals surface area contributed by atoms with Crippen LogP contribution >= 0.6 is 0 Å². The van der Waals surface area contributed by atoms with Gasteiger partial charge in [0.05, 0.1) is 24.7 Å². The van der Waals surface area contributed by atoms with E-state index in [0.29, 0.717) is 51.1 Å². The Morgan fingerprint density at radius 2 is 1.84 bits per heavy atom. The van der Waals surface area contributed by atoms with E-state index >= 15 is 0 Å². The molecule has 2 aliphatic carbocycles. The van der Waals surface area contributed by atoms with Gasteiger partial charge in [-0.1, -0.05) is 31.1 Å². The van der Waals surface area contributed by atoms with Crippen molar-refractivity contribution in [3.8, 4) is 5.75 Å². The van der Waals surface area contributed by atoms with Crippen LogP contribution in [-0.2, 0) is 53.5 Å². The average Bonchev–Trinajstić information content (AvgIpc) is 3.94. The van der Waals surface area contributed by atoms with E-state index < -0.39 is 80.4 Å². The van der Waals surface area contributed by atoms with E-state index in [1.165, 1.54) is 9.80 Å². The van der Waals surface area contributed by atoms with Crippen molar-refractivity contribution in [2.45, 2.75) is 133 Å². The highest BCUT2D eigenvalue weighted by atomic mass is 32.2. The van der Waals surface area contributed by atoms with Gasteiger partial charge < -0.3 is 34.3 Å². The normalized spacial score (nSPS) is 26.8. The van der Waals surface area contributed by atoms with Crippen molar-refractivity contribution in [1.82, 2.24) is 34.7 Å². The molecule has 7 rings (SSSR count). The molecule has 1 aromatic carbocycles. The fourth-order valence-electron chi connectivity index (χ4n) is 7.79. The van der Waals surface area contributed by atoms with E-state index in [1.54, 1.807) is 33.3 Å². The van der Waals surface area contributed by atoms with Gasteiger partial charge in [0.2, 0.25) is 21.8 Å². The first-order valence-corrected chi connectivity index (χ1v) is 21.7. The van der Waals surface area contributed by atoms with Gasteiger partial charge in [-0.2, -0.15) is 0 Å². The van der Waals surface area contributed by atoms with E-state index in [-0.39, 0.29) is 32.4 Å². The second-order valence-electron chi connectivity index (χ2n) is 16.9. The van der Waals surface area contributed by atoms with Crippen LogP contribution in [0.2, 0.25) is 0 Å². The summed E-state index contributed by atoms with van der Waals surface area (Å²) in [6.45, 7) is 6.60. The molecule has 5 amide bonds. The van der Waals surface area contributed by atoms with Crippen molar-refractivity contribution in [1.29, 1.82) is 0 Å². The highest BCUT2D eigenvalue weighted by Gasteiger charge is 2.62. The van der Waals surface area contributed by atoms with Crippen LogP contribution in [0.1, 0.15) is 89.7 Å². The number of imidazole rings is 1. The summed E-state index contributed by atoms with van der Waals surface area (Å²) < 4.78 is 47.2. The zero-order chi connectivity index (χ0) is 41.2. The Morgan fingerprint density at radius 1 is 1.05 bits per heavy atom. The minimum atomic E-state index is -3.92. The Bertz CT molecular complexity index is 2030. The first-order chi connectivity index (χ1) is 27.6. The zero-order valence-corrected chi connectivity index (χ0v) is 34.0. The van der Waals surface area contributed by atoms with Gasteiger partial charge >= 0.3 is 12.2 Å². The van der Waals surface area contributed by atoms with Crippen molar-refractivity contribution < 1.29 is 46.6 Å². The minimum absolute atomic E-state index is 0.0866. The number of benzene rings is 1. The molecule has 5 aliphatic rings. The molecule has 4 heterocycles. The Hall–Kier alpha value is -5.13. The highest BCUT2D eigenvalue weighted by Crippen LogP contribution is 2.46. The summed E-state index contributed by atoms with van der Waals surface area (Å²) in [5.74, 6) is -1.87. The number of carbonyl (C=O) groups is 5. The van der Waals surface area contributed by atoms with Gasteiger partial charge in [-0.15, -0.1) is 0 Å². The van der Waals surface area contributed by atoms with E-state index in [2.05, 4.69) is 20.3 Å². The predicted molar refractivity (Wildman–Crippen MR) is 208 cm³/mol. The molecule has 2 saturated carbocycles. The Morgan fingerprint density at radius 3 is 2.59 bits per heavy atom. The molecule has 17 nitrogen and oxygen atoms in total. The second-order valence-corrected chi connectivity index (χ2v) is 18.9. The second kappa shape index (κ2) is 16.6. The third-order valence-corrected chi connectivity index (χ3v) is 13.0. The molecule has 314 valence electrons. The molecule has 1 aromatic heterocycles. The quantitative estimate of drug-likeness (QED) is 0.313. The van der Waals surface area contributed by atoms with Crippen LogP contribution in [0.3, 0.4) is 0 Å². The first-order valence-electron chi connectivity index (χ1n) is 20.1. The number of allylic oxidation sites excluding steroid dienone is 1. The summed E-state index contributed by atoms with van der Waals surface area (Å²) in [4.78, 5) is 76.0. The monoisotopic (exact) mass is 823 g/mol. The number of carbonyl (C=O) groups excluding carboxylic acids is 5. The number of sulfonamides is 1.